The second-order valence-corrected chi connectivity index (χ2v) is 4.99. The van der Waals surface area contributed by atoms with Crippen LogP contribution in [0, 0.1) is 0 Å². The topological polar surface area (TPSA) is 67.6 Å². The molecule has 0 bridgehead atoms. The van der Waals surface area contributed by atoms with Gasteiger partial charge >= 0.3 is 0 Å². The number of carbonyl (C=O) groups is 1. The molecule has 0 aromatic carbocycles. The average molecular weight is 241 g/mol. The number of nitrogens with zero attached hydrogens (tertiary/aromatic N) is 1. The maximum atomic E-state index is 11.2. The number of nitrogens with two attached hydrogens (primary N) is 1. The number of ether oxygens (including phenoxy) is 1. The average Bonchev–Trinajstić information content (AvgIpc) is 2.38. The van der Waals surface area contributed by atoms with Gasteiger partial charge in [0.05, 0.1) is 13.2 Å². The molecule has 2 aliphatic heterocycles. The van der Waals surface area contributed by atoms with Crippen LogP contribution in [0.1, 0.15) is 25.7 Å². The van der Waals surface area contributed by atoms with Crippen molar-refractivity contribution in [2.24, 2.45) is 5.73 Å². The third-order valence-corrected chi connectivity index (χ3v) is 3.72. The van der Waals surface area contributed by atoms with E-state index in [1.165, 1.54) is 0 Å². The molecule has 0 saturated carbocycles. The van der Waals surface area contributed by atoms with Crippen molar-refractivity contribution >= 4 is 5.91 Å². The van der Waals surface area contributed by atoms with Crippen LogP contribution in [0.15, 0.2) is 0 Å². The largest absolute Gasteiger partial charge is 0.380 e. The SMILES string of the molecule is NC(=O)CN(C1CCNCC1)C1CCCOC1. The van der Waals surface area contributed by atoms with E-state index in [1.54, 1.807) is 0 Å². The summed E-state index contributed by atoms with van der Waals surface area (Å²) >= 11 is 0. The lowest BCUT2D eigenvalue weighted by Crippen LogP contribution is -2.53. The monoisotopic (exact) mass is 241 g/mol. The highest BCUT2D eigenvalue weighted by Gasteiger charge is 2.29. The Hall–Kier alpha value is -0.650. The molecular formula is C12H23N3O2. The summed E-state index contributed by atoms with van der Waals surface area (Å²) < 4.78 is 5.53. The zero-order valence-corrected chi connectivity index (χ0v) is 10.4. The number of amides is 1. The molecule has 2 saturated heterocycles. The van der Waals surface area contributed by atoms with Gasteiger partial charge in [-0.3, -0.25) is 9.69 Å². The van der Waals surface area contributed by atoms with Crippen LogP contribution in [0.4, 0.5) is 0 Å². The Bertz CT molecular complexity index is 230. The van der Waals surface area contributed by atoms with Crippen LogP contribution >= 0.6 is 0 Å². The molecule has 0 radical (unpaired) electrons. The normalized spacial score (nSPS) is 27.2. The molecule has 5 nitrogen and oxygen atoms in total. The molecule has 1 atom stereocenters. The predicted octanol–water partition coefficient (Wildman–Crippen LogP) is -0.295. The van der Waals surface area contributed by atoms with E-state index in [0.29, 0.717) is 18.6 Å². The summed E-state index contributed by atoms with van der Waals surface area (Å²) in [6, 6.07) is 0.856. The number of piperidine rings is 1. The van der Waals surface area contributed by atoms with E-state index in [-0.39, 0.29) is 5.91 Å². The van der Waals surface area contributed by atoms with Crippen molar-refractivity contribution in [1.82, 2.24) is 10.2 Å². The van der Waals surface area contributed by atoms with E-state index >= 15 is 0 Å². The molecule has 5 heteroatoms. The third-order valence-electron chi connectivity index (χ3n) is 3.72. The minimum Gasteiger partial charge on any atom is -0.380 e. The summed E-state index contributed by atoms with van der Waals surface area (Å²) in [6.07, 6.45) is 4.41. The Morgan fingerprint density at radius 1 is 1.29 bits per heavy atom. The van der Waals surface area contributed by atoms with Crippen LogP contribution in [0.2, 0.25) is 0 Å². The first-order valence-electron chi connectivity index (χ1n) is 6.60. The van der Waals surface area contributed by atoms with Crippen molar-refractivity contribution in [3.63, 3.8) is 0 Å². The van der Waals surface area contributed by atoms with Crippen molar-refractivity contribution in [2.75, 3.05) is 32.8 Å². The Balaban J connectivity index is 1.97. The van der Waals surface area contributed by atoms with Gasteiger partial charge in [-0.2, -0.15) is 0 Å². The maximum Gasteiger partial charge on any atom is 0.231 e. The molecule has 0 aliphatic carbocycles. The quantitative estimate of drug-likeness (QED) is 0.709. The van der Waals surface area contributed by atoms with Crippen molar-refractivity contribution in [3.05, 3.63) is 0 Å². The summed E-state index contributed by atoms with van der Waals surface area (Å²) in [4.78, 5) is 13.5. The van der Waals surface area contributed by atoms with Gasteiger partial charge in [-0.05, 0) is 38.8 Å². The lowest BCUT2D eigenvalue weighted by molar-refractivity contribution is -0.121. The van der Waals surface area contributed by atoms with E-state index in [9.17, 15) is 4.79 Å². The molecule has 98 valence electrons. The Morgan fingerprint density at radius 2 is 2.06 bits per heavy atom. The summed E-state index contributed by atoms with van der Waals surface area (Å²) in [6.45, 7) is 4.05. The lowest BCUT2D eigenvalue weighted by Gasteiger charge is -2.40. The number of nitrogens with one attached hydrogen (secondary N) is 1. The van der Waals surface area contributed by atoms with Crippen LogP contribution in [-0.4, -0.2) is 55.7 Å². The Kier molecular flexibility index (Phi) is 4.76. The molecule has 0 aromatic heterocycles. The molecule has 17 heavy (non-hydrogen) atoms. The fourth-order valence-electron chi connectivity index (χ4n) is 2.86. The number of carbonyl (C=O) groups excluding carboxylic acids is 1. The van der Waals surface area contributed by atoms with Gasteiger partial charge in [0.2, 0.25) is 5.91 Å². The molecule has 1 amide bonds. The van der Waals surface area contributed by atoms with Crippen LogP contribution in [0.25, 0.3) is 0 Å². The Morgan fingerprint density at radius 3 is 2.65 bits per heavy atom. The van der Waals surface area contributed by atoms with Crippen LogP contribution < -0.4 is 11.1 Å². The fourth-order valence-corrected chi connectivity index (χ4v) is 2.86. The van der Waals surface area contributed by atoms with Crippen molar-refractivity contribution < 1.29 is 9.53 Å². The van der Waals surface area contributed by atoms with Gasteiger partial charge in [0, 0.05) is 18.7 Å². The molecule has 1 unspecified atom stereocenters. The smallest absolute Gasteiger partial charge is 0.231 e. The predicted molar refractivity (Wildman–Crippen MR) is 65.6 cm³/mol. The lowest BCUT2D eigenvalue weighted by atomic mass is 9.99. The van der Waals surface area contributed by atoms with Crippen molar-refractivity contribution in [2.45, 2.75) is 37.8 Å². The first-order valence-corrected chi connectivity index (χ1v) is 6.60. The van der Waals surface area contributed by atoms with Crippen molar-refractivity contribution in [3.8, 4) is 0 Å². The molecule has 0 spiro atoms. The minimum atomic E-state index is -0.228. The first-order chi connectivity index (χ1) is 8.27. The molecule has 2 heterocycles. The summed E-state index contributed by atoms with van der Waals surface area (Å²) in [5, 5.41) is 3.35. The van der Waals surface area contributed by atoms with E-state index in [4.69, 9.17) is 10.5 Å². The fraction of sp³-hybridized carbons (Fsp3) is 0.917. The zero-order chi connectivity index (χ0) is 12.1. The molecule has 0 aromatic rings. The standard InChI is InChI=1S/C12H23N3O2/c13-12(16)8-15(10-3-5-14-6-4-10)11-2-1-7-17-9-11/h10-11,14H,1-9H2,(H2,13,16). The zero-order valence-electron chi connectivity index (χ0n) is 10.4. The molecular weight excluding hydrogens is 218 g/mol. The van der Waals surface area contributed by atoms with Gasteiger partial charge in [0.1, 0.15) is 0 Å². The molecule has 2 aliphatic rings. The van der Waals surface area contributed by atoms with E-state index < -0.39 is 0 Å². The first kappa shape index (κ1) is 12.8. The summed E-state index contributed by atoms with van der Waals surface area (Å²) in [7, 11) is 0. The third kappa shape index (κ3) is 3.66. The van der Waals surface area contributed by atoms with Crippen molar-refractivity contribution in [1.29, 1.82) is 0 Å². The molecule has 3 N–H and O–H groups in total. The number of rotatable bonds is 4. The van der Waals surface area contributed by atoms with Gasteiger partial charge in [-0.1, -0.05) is 0 Å². The van der Waals surface area contributed by atoms with Gasteiger partial charge in [0.25, 0.3) is 0 Å². The number of primary amides is 1. The molecule has 2 rings (SSSR count). The van der Waals surface area contributed by atoms with Crippen LogP contribution in [0.3, 0.4) is 0 Å². The van der Waals surface area contributed by atoms with E-state index in [1.807, 2.05) is 0 Å². The number of hydrogen-bond acceptors (Lipinski definition) is 4. The van der Waals surface area contributed by atoms with E-state index in [0.717, 1.165) is 52.0 Å². The van der Waals surface area contributed by atoms with Gasteiger partial charge < -0.3 is 15.8 Å². The summed E-state index contributed by atoms with van der Waals surface area (Å²) in [5.41, 5.74) is 5.37. The highest BCUT2D eigenvalue weighted by Crippen LogP contribution is 2.20. The number of hydrogen-bond donors (Lipinski definition) is 2. The second-order valence-electron chi connectivity index (χ2n) is 4.99. The molecule has 2 fully saturated rings. The summed E-state index contributed by atoms with van der Waals surface area (Å²) in [5.74, 6) is -0.228. The van der Waals surface area contributed by atoms with Gasteiger partial charge in [-0.15, -0.1) is 0 Å². The second kappa shape index (κ2) is 6.33. The highest BCUT2D eigenvalue weighted by molar-refractivity contribution is 5.76. The highest BCUT2D eigenvalue weighted by atomic mass is 16.5. The Labute approximate surface area is 103 Å². The maximum absolute atomic E-state index is 11.2. The minimum absolute atomic E-state index is 0.228. The van der Waals surface area contributed by atoms with Crippen LogP contribution in [0.5, 0.6) is 0 Å². The van der Waals surface area contributed by atoms with Crippen LogP contribution in [-0.2, 0) is 9.53 Å². The van der Waals surface area contributed by atoms with Gasteiger partial charge in [0.15, 0.2) is 0 Å². The van der Waals surface area contributed by atoms with Gasteiger partial charge in [-0.25, -0.2) is 0 Å². The van der Waals surface area contributed by atoms with E-state index in [2.05, 4.69) is 10.2 Å².